The number of nitro benzene ring substituents is 1. The molecule has 1 heterocycles. The Labute approximate surface area is 135 Å². The molecule has 0 aliphatic carbocycles. The van der Waals surface area contributed by atoms with Gasteiger partial charge >= 0.3 is 5.12 Å². The zero-order valence-electron chi connectivity index (χ0n) is 12.0. The van der Waals surface area contributed by atoms with Crippen molar-refractivity contribution in [3.05, 3.63) is 34.4 Å². The first-order valence-corrected chi connectivity index (χ1v) is 8.09. The highest BCUT2D eigenvalue weighted by Crippen LogP contribution is 2.36. The Morgan fingerprint density at radius 3 is 2.17 bits per heavy atom. The number of nitro groups is 1. The van der Waals surface area contributed by atoms with Crippen LogP contribution in [0.2, 0.25) is 0 Å². The van der Waals surface area contributed by atoms with Gasteiger partial charge in [0.2, 0.25) is 9.84 Å². The summed E-state index contributed by atoms with van der Waals surface area (Å²) in [6, 6.07) is 3.35. The van der Waals surface area contributed by atoms with E-state index >= 15 is 0 Å². The van der Waals surface area contributed by atoms with Crippen LogP contribution >= 0.6 is 0 Å². The first-order chi connectivity index (χ1) is 11.1. The van der Waals surface area contributed by atoms with E-state index in [2.05, 4.69) is 0 Å². The topological polar surface area (TPSA) is 188 Å². The second-order valence-electron chi connectivity index (χ2n) is 5.15. The second-order valence-corrected chi connectivity index (χ2v) is 7.21. The lowest BCUT2D eigenvalue weighted by atomic mass is 9.99. The second kappa shape index (κ2) is 6.33. The number of aliphatic hydroxyl groups excluding tert-OH is 4. The van der Waals surface area contributed by atoms with Crippen molar-refractivity contribution in [3.63, 3.8) is 0 Å². The van der Waals surface area contributed by atoms with Gasteiger partial charge in [-0.2, -0.15) is 0 Å². The van der Waals surface area contributed by atoms with Crippen LogP contribution in [-0.4, -0.2) is 75.0 Å². The van der Waals surface area contributed by atoms with E-state index in [1.165, 1.54) is 0 Å². The number of rotatable bonds is 4. The molecule has 1 saturated heterocycles. The van der Waals surface area contributed by atoms with E-state index in [-0.39, 0.29) is 0 Å². The van der Waals surface area contributed by atoms with Crippen LogP contribution in [0, 0.1) is 10.1 Å². The molecule has 5 N–H and O–H groups in total. The summed E-state index contributed by atoms with van der Waals surface area (Å²) in [6.07, 6.45) is -8.08. The fraction of sp³-hybridized carbons (Fsp3) is 0.500. The van der Waals surface area contributed by atoms with Gasteiger partial charge in [-0.1, -0.05) is 0 Å². The smallest absolute Gasteiger partial charge is 0.306 e. The van der Waals surface area contributed by atoms with Crippen LogP contribution in [0.1, 0.15) is 0 Å². The lowest BCUT2D eigenvalue weighted by Crippen LogP contribution is -2.67. The predicted molar refractivity (Wildman–Crippen MR) is 75.2 cm³/mol. The van der Waals surface area contributed by atoms with E-state index in [9.17, 15) is 39.0 Å². The van der Waals surface area contributed by atoms with E-state index < -0.39 is 61.5 Å². The molecule has 1 aliphatic heterocycles. The molecule has 2 rings (SSSR count). The average molecular weight is 365 g/mol. The Balaban J connectivity index is 2.47. The van der Waals surface area contributed by atoms with Gasteiger partial charge in [0.05, 0.1) is 16.4 Å². The third-order valence-corrected chi connectivity index (χ3v) is 5.67. The van der Waals surface area contributed by atoms with Gasteiger partial charge in [-0.25, -0.2) is 8.42 Å². The molecule has 1 fully saturated rings. The monoisotopic (exact) mass is 365 g/mol. The Kier molecular flexibility index (Phi) is 4.92. The van der Waals surface area contributed by atoms with Gasteiger partial charge in [-0.3, -0.25) is 10.1 Å². The van der Waals surface area contributed by atoms with Gasteiger partial charge in [-0.15, -0.1) is 0 Å². The molecular formula is C12H15NO10S. The SMILES string of the molecule is O=[N+]([O-])c1ccc(S(=O)(=O)C2(O)O[C@H](CO)[C@@H](O)[C@H](O)[C@H]2O)cc1. The largest absolute Gasteiger partial charge is 0.394 e. The molecule has 12 heteroatoms. The number of non-ortho nitro benzene ring substituents is 1. The van der Waals surface area contributed by atoms with Gasteiger partial charge in [-0.05, 0) is 12.1 Å². The summed E-state index contributed by atoms with van der Waals surface area (Å²) in [6.45, 7) is -0.941. The summed E-state index contributed by atoms with van der Waals surface area (Å²) in [4.78, 5) is 9.20. The first kappa shape index (κ1) is 18.7. The molecule has 0 radical (unpaired) electrons. The lowest BCUT2D eigenvalue weighted by molar-refractivity contribution is -0.384. The molecule has 5 atom stereocenters. The molecule has 1 aromatic carbocycles. The summed E-state index contributed by atoms with van der Waals surface area (Å²) in [7, 11) is -4.87. The van der Waals surface area contributed by atoms with Crippen molar-refractivity contribution in [2.75, 3.05) is 6.61 Å². The highest BCUT2D eigenvalue weighted by molar-refractivity contribution is 7.92. The molecule has 0 bridgehead atoms. The van der Waals surface area contributed by atoms with Crippen molar-refractivity contribution in [2.45, 2.75) is 34.4 Å². The number of hydrogen-bond acceptors (Lipinski definition) is 10. The summed E-state index contributed by atoms with van der Waals surface area (Å²) in [5.74, 6) is 0. The molecule has 24 heavy (non-hydrogen) atoms. The number of hydrogen-bond donors (Lipinski definition) is 5. The summed E-state index contributed by atoms with van der Waals surface area (Å²) in [5.41, 5.74) is -0.408. The molecule has 0 aromatic heterocycles. The van der Waals surface area contributed by atoms with Gasteiger partial charge in [0.1, 0.15) is 18.3 Å². The first-order valence-electron chi connectivity index (χ1n) is 6.60. The van der Waals surface area contributed by atoms with Crippen LogP contribution in [0.25, 0.3) is 0 Å². The van der Waals surface area contributed by atoms with Crippen LogP contribution < -0.4 is 0 Å². The van der Waals surface area contributed by atoms with Crippen LogP contribution in [0.3, 0.4) is 0 Å². The molecular weight excluding hydrogens is 350 g/mol. The number of ether oxygens (including phenoxy) is 1. The van der Waals surface area contributed by atoms with Gasteiger partial charge in [0, 0.05) is 12.1 Å². The van der Waals surface area contributed by atoms with Crippen molar-refractivity contribution in [2.24, 2.45) is 0 Å². The molecule has 11 nitrogen and oxygen atoms in total. The van der Waals surface area contributed by atoms with Crippen molar-refractivity contribution in [3.8, 4) is 0 Å². The van der Waals surface area contributed by atoms with Crippen LogP contribution in [0.5, 0.6) is 0 Å². The van der Waals surface area contributed by atoms with Crippen molar-refractivity contribution >= 4 is 15.5 Å². The zero-order chi connectivity index (χ0) is 18.3. The standard InChI is InChI=1S/C12H15NO10S/c14-5-8-9(15)10(16)11(17)12(18,23-8)24(21,22)7-3-1-6(2-4-7)13(19)20/h1-4,8-11,14-18H,5H2/t8-,9-,10+,11-,12?/m1/s1. The highest BCUT2D eigenvalue weighted by atomic mass is 32.2. The Hall–Kier alpha value is -1.67. The summed E-state index contributed by atoms with van der Waals surface area (Å²) in [5, 5.41) is 55.8. The molecule has 0 spiro atoms. The van der Waals surface area contributed by atoms with Gasteiger partial charge < -0.3 is 30.3 Å². The molecule has 1 aliphatic rings. The third-order valence-electron chi connectivity index (χ3n) is 3.67. The molecule has 0 amide bonds. The van der Waals surface area contributed by atoms with Crippen molar-refractivity contribution < 1.29 is 43.6 Å². The van der Waals surface area contributed by atoms with E-state index in [4.69, 9.17) is 9.84 Å². The van der Waals surface area contributed by atoms with Crippen LogP contribution in [0.4, 0.5) is 5.69 Å². The quantitative estimate of drug-likeness (QED) is 0.281. The van der Waals surface area contributed by atoms with E-state index in [1.54, 1.807) is 0 Å². The Morgan fingerprint density at radius 1 is 1.17 bits per heavy atom. The normalized spacial score (nSPS) is 34.0. The number of sulfone groups is 1. The van der Waals surface area contributed by atoms with E-state index in [1.807, 2.05) is 0 Å². The predicted octanol–water partition coefficient (Wildman–Crippen LogP) is -2.51. The van der Waals surface area contributed by atoms with Crippen LogP contribution in [0.15, 0.2) is 29.2 Å². The zero-order valence-corrected chi connectivity index (χ0v) is 12.8. The lowest BCUT2D eigenvalue weighted by Gasteiger charge is -2.44. The minimum atomic E-state index is -4.87. The minimum Gasteiger partial charge on any atom is -0.394 e. The molecule has 134 valence electrons. The highest BCUT2D eigenvalue weighted by Gasteiger charge is 2.60. The van der Waals surface area contributed by atoms with E-state index in [0.717, 1.165) is 24.3 Å². The maximum atomic E-state index is 12.5. The van der Waals surface area contributed by atoms with Crippen LogP contribution in [-0.2, 0) is 14.6 Å². The number of nitrogens with zero attached hydrogens (tertiary/aromatic N) is 1. The average Bonchev–Trinajstić information content (AvgIpc) is 2.56. The minimum absolute atomic E-state index is 0.408. The molecule has 0 saturated carbocycles. The summed E-state index contributed by atoms with van der Waals surface area (Å²) < 4.78 is 29.8. The van der Waals surface area contributed by atoms with Crippen molar-refractivity contribution in [1.29, 1.82) is 0 Å². The fourth-order valence-electron chi connectivity index (χ4n) is 2.26. The van der Waals surface area contributed by atoms with Gasteiger partial charge in [0.15, 0.2) is 6.10 Å². The maximum absolute atomic E-state index is 12.5. The van der Waals surface area contributed by atoms with Crippen molar-refractivity contribution in [1.82, 2.24) is 0 Å². The van der Waals surface area contributed by atoms with Gasteiger partial charge in [0.25, 0.3) is 5.69 Å². The summed E-state index contributed by atoms with van der Waals surface area (Å²) >= 11 is 0. The third kappa shape index (κ3) is 2.77. The Bertz CT molecular complexity index is 718. The maximum Gasteiger partial charge on any atom is 0.306 e. The fourth-order valence-corrected chi connectivity index (χ4v) is 3.80. The Morgan fingerprint density at radius 2 is 1.71 bits per heavy atom. The number of aliphatic hydroxyl groups is 5. The molecule has 1 unspecified atom stereocenters. The molecule has 1 aromatic rings. The number of benzene rings is 1. The van der Waals surface area contributed by atoms with E-state index in [0.29, 0.717) is 0 Å².